The lowest BCUT2D eigenvalue weighted by atomic mass is 10.0. The van der Waals surface area contributed by atoms with Crippen molar-refractivity contribution in [1.82, 2.24) is 15.3 Å². The molecule has 6 nitrogen and oxygen atoms in total. The van der Waals surface area contributed by atoms with Gasteiger partial charge in [0.2, 0.25) is 0 Å². The molecule has 4 aromatic rings. The highest BCUT2D eigenvalue weighted by Gasteiger charge is 2.19. The molecule has 164 valence electrons. The summed E-state index contributed by atoms with van der Waals surface area (Å²) < 4.78 is 5.84. The molecule has 0 spiro atoms. The number of carbonyl (C=O) groups excluding carboxylic acids is 1. The van der Waals surface area contributed by atoms with Crippen molar-refractivity contribution in [1.29, 1.82) is 0 Å². The first-order chi connectivity index (χ1) is 15.7. The number of amides is 1. The summed E-state index contributed by atoms with van der Waals surface area (Å²) in [7, 11) is 0. The third-order valence-corrected chi connectivity index (χ3v) is 5.40. The summed E-state index contributed by atoms with van der Waals surface area (Å²) in [5.74, 6) is 0.261. The number of hydrogen-bond donors (Lipinski definition) is 3. The molecule has 2 aromatic carbocycles. The zero-order chi connectivity index (χ0) is 22.3. The Morgan fingerprint density at radius 2 is 1.94 bits per heavy atom. The predicted molar refractivity (Wildman–Crippen MR) is 126 cm³/mol. The third-order valence-electron chi connectivity index (χ3n) is 5.40. The van der Waals surface area contributed by atoms with E-state index in [0.717, 1.165) is 34.0 Å². The molecule has 2 heterocycles. The first-order valence-corrected chi connectivity index (χ1v) is 10.8. The number of ether oxygens (including phenoxy) is 1. The van der Waals surface area contributed by atoms with Crippen molar-refractivity contribution in [3.05, 3.63) is 84.3 Å². The van der Waals surface area contributed by atoms with Gasteiger partial charge in [0.15, 0.2) is 0 Å². The summed E-state index contributed by atoms with van der Waals surface area (Å²) in [5.41, 5.74) is 4.40. The molecule has 1 atom stereocenters. The average Bonchev–Trinajstić information content (AvgIpc) is 3.25. The molecule has 0 aliphatic rings. The molecule has 0 aliphatic heterocycles. The summed E-state index contributed by atoms with van der Waals surface area (Å²) >= 11 is 0. The molecule has 0 unspecified atom stereocenters. The second-order valence-electron chi connectivity index (χ2n) is 7.71. The highest BCUT2D eigenvalue weighted by molar-refractivity contribution is 5.98. The first kappa shape index (κ1) is 21.6. The maximum absolute atomic E-state index is 13.3. The Hall–Kier alpha value is -3.64. The Balaban J connectivity index is 1.58. The van der Waals surface area contributed by atoms with Crippen LogP contribution in [0.25, 0.3) is 22.0 Å². The zero-order valence-electron chi connectivity index (χ0n) is 18.0. The smallest absolute Gasteiger partial charge is 0.255 e. The molecular weight excluding hydrogens is 402 g/mol. The van der Waals surface area contributed by atoms with Crippen LogP contribution in [0.2, 0.25) is 0 Å². The Bertz CT molecular complexity index is 1190. The molecule has 0 bridgehead atoms. The van der Waals surface area contributed by atoms with Crippen LogP contribution in [0.15, 0.2) is 73.2 Å². The first-order valence-electron chi connectivity index (χ1n) is 10.8. The van der Waals surface area contributed by atoms with Crippen molar-refractivity contribution in [3.63, 3.8) is 0 Å². The number of aliphatic hydroxyl groups is 1. The van der Waals surface area contributed by atoms with Gasteiger partial charge in [-0.1, -0.05) is 31.2 Å². The van der Waals surface area contributed by atoms with E-state index >= 15 is 0 Å². The number of hydrogen-bond acceptors (Lipinski definition) is 4. The molecule has 0 radical (unpaired) electrons. The number of H-pyrrole nitrogens is 1. The van der Waals surface area contributed by atoms with E-state index < -0.39 is 6.04 Å². The van der Waals surface area contributed by atoms with E-state index in [1.807, 2.05) is 67.7 Å². The molecule has 0 saturated heterocycles. The Morgan fingerprint density at radius 1 is 1.12 bits per heavy atom. The minimum atomic E-state index is -0.426. The van der Waals surface area contributed by atoms with Crippen LogP contribution in [-0.2, 0) is 6.42 Å². The van der Waals surface area contributed by atoms with Gasteiger partial charge in [0.25, 0.3) is 5.91 Å². The number of nitrogens with zero attached hydrogens (tertiary/aromatic N) is 1. The molecule has 0 aliphatic carbocycles. The van der Waals surface area contributed by atoms with Crippen LogP contribution in [-0.4, -0.2) is 40.2 Å². The highest BCUT2D eigenvalue weighted by atomic mass is 16.5. The maximum atomic E-state index is 13.3. The summed E-state index contributed by atoms with van der Waals surface area (Å²) in [4.78, 5) is 20.6. The van der Waals surface area contributed by atoms with E-state index in [2.05, 4.69) is 15.3 Å². The molecule has 32 heavy (non-hydrogen) atoms. The average molecular weight is 430 g/mol. The minimum absolute atomic E-state index is 0.166. The van der Waals surface area contributed by atoms with Gasteiger partial charge in [0, 0.05) is 29.5 Å². The number of para-hydroxylation sites is 1. The number of aromatic nitrogens is 2. The van der Waals surface area contributed by atoms with Crippen molar-refractivity contribution < 1.29 is 14.6 Å². The number of rotatable bonds is 9. The molecule has 6 heteroatoms. The summed E-state index contributed by atoms with van der Waals surface area (Å²) in [6.07, 6.45) is 6.73. The number of fused-ring (bicyclic) bond motifs is 1. The van der Waals surface area contributed by atoms with Crippen LogP contribution >= 0.6 is 0 Å². The lowest BCUT2D eigenvalue weighted by Crippen LogP contribution is -2.39. The van der Waals surface area contributed by atoms with Gasteiger partial charge in [0.1, 0.15) is 5.75 Å². The normalized spacial score (nSPS) is 11.9. The lowest BCUT2D eigenvalue weighted by Gasteiger charge is -2.18. The molecule has 2 aromatic heterocycles. The quantitative estimate of drug-likeness (QED) is 0.369. The number of aliphatic hydroxyl groups excluding tert-OH is 1. The van der Waals surface area contributed by atoms with E-state index in [1.165, 1.54) is 0 Å². The van der Waals surface area contributed by atoms with Gasteiger partial charge in [-0.05, 0) is 59.9 Å². The third kappa shape index (κ3) is 4.81. The fourth-order valence-electron chi connectivity index (χ4n) is 3.76. The second kappa shape index (κ2) is 10.1. The highest BCUT2D eigenvalue weighted by Crippen LogP contribution is 2.27. The number of pyridine rings is 1. The number of carbonyl (C=O) groups is 1. The molecule has 4 rings (SSSR count). The predicted octanol–water partition coefficient (Wildman–Crippen LogP) is 4.35. The van der Waals surface area contributed by atoms with E-state index in [9.17, 15) is 9.90 Å². The fraction of sp³-hybridized carbons (Fsp3) is 0.231. The fourth-order valence-corrected chi connectivity index (χ4v) is 3.76. The van der Waals surface area contributed by atoms with Gasteiger partial charge in [-0.15, -0.1) is 0 Å². The Morgan fingerprint density at radius 3 is 2.72 bits per heavy atom. The van der Waals surface area contributed by atoms with Gasteiger partial charge in [0.05, 0.1) is 24.8 Å². The second-order valence-corrected chi connectivity index (χ2v) is 7.71. The summed E-state index contributed by atoms with van der Waals surface area (Å²) in [6.45, 7) is 2.38. The van der Waals surface area contributed by atoms with E-state index in [1.54, 1.807) is 12.4 Å². The molecule has 3 N–H and O–H groups in total. The molecule has 1 amide bonds. The molecule has 0 fully saturated rings. The van der Waals surface area contributed by atoms with Gasteiger partial charge in [-0.25, -0.2) is 0 Å². The monoisotopic (exact) mass is 429 g/mol. The van der Waals surface area contributed by atoms with Gasteiger partial charge in [-0.2, -0.15) is 0 Å². The molecular formula is C26H27N3O3. The Labute approximate surface area is 187 Å². The van der Waals surface area contributed by atoms with Crippen LogP contribution in [0.3, 0.4) is 0 Å². The number of aromatic amines is 1. The van der Waals surface area contributed by atoms with Gasteiger partial charge < -0.3 is 20.1 Å². The number of benzene rings is 2. The summed E-state index contributed by atoms with van der Waals surface area (Å²) in [5, 5.41) is 14.0. The van der Waals surface area contributed by atoms with Crippen molar-refractivity contribution in [2.24, 2.45) is 0 Å². The lowest BCUT2D eigenvalue weighted by molar-refractivity contribution is 0.0912. The van der Waals surface area contributed by atoms with Gasteiger partial charge in [-0.3, -0.25) is 9.78 Å². The van der Waals surface area contributed by atoms with E-state index in [-0.39, 0.29) is 12.5 Å². The van der Waals surface area contributed by atoms with Crippen LogP contribution in [0, 0.1) is 0 Å². The van der Waals surface area contributed by atoms with E-state index in [0.29, 0.717) is 24.3 Å². The zero-order valence-corrected chi connectivity index (χ0v) is 18.0. The minimum Gasteiger partial charge on any atom is -0.493 e. The van der Waals surface area contributed by atoms with Crippen LogP contribution in [0.4, 0.5) is 0 Å². The van der Waals surface area contributed by atoms with Crippen molar-refractivity contribution in [3.8, 4) is 16.9 Å². The van der Waals surface area contributed by atoms with Crippen LogP contribution in [0.1, 0.15) is 29.3 Å². The molecule has 0 saturated carbocycles. The summed E-state index contributed by atoms with van der Waals surface area (Å²) in [6, 6.07) is 17.0. The largest absolute Gasteiger partial charge is 0.493 e. The van der Waals surface area contributed by atoms with Crippen molar-refractivity contribution in [2.45, 2.75) is 25.8 Å². The van der Waals surface area contributed by atoms with E-state index in [4.69, 9.17) is 4.74 Å². The SMILES string of the molecule is CCCOc1ccc(-c2ccncc2)cc1C(=O)N[C@@H](CO)Cc1c[nH]c2ccccc12. The van der Waals surface area contributed by atoms with Crippen molar-refractivity contribution >= 4 is 16.8 Å². The number of nitrogens with one attached hydrogen (secondary N) is 2. The van der Waals surface area contributed by atoms with Crippen molar-refractivity contribution in [2.75, 3.05) is 13.2 Å². The topological polar surface area (TPSA) is 87.2 Å². The van der Waals surface area contributed by atoms with Crippen LogP contribution in [0.5, 0.6) is 5.75 Å². The van der Waals surface area contributed by atoms with Gasteiger partial charge >= 0.3 is 0 Å². The Kier molecular flexibility index (Phi) is 6.82. The van der Waals surface area contributed by atoms with Crippen LogP contribution < -0.4 is 10.1 Å². The maximum Gasteiger partial charge on any atom is 0.255 e. The standard InChI is InChI=1S/C26H27N3O3/c1-2-13-32-25-8-7-19(18-9-11-27-12-10-18)15-23(25)26(31)29-21(17-30)14-20-16-28-24-6-4-3-5-22(20)24/h3-12,15-16,21,28,30H,2,13-14,17H2,1H3,(H,29,31)/t21-/m1/s1.